The van der Waals surface area contributed by atoms with Crippen molar-refractivity contribution in [1.82, 2.24) is 4.98 Å². The number of ether oxygens (including phenoxy) is 2. The molecule has 0 spiro atoms. The van der Waals surface area contributed by atoms with Gasteiger partial charge in [-0.1, -0.05) is 12.1 Å². The molecule has 3 aromatic rings. The summed E-state index contributed by atoms with van der Waals surface area (Å²) in [7, 11) is 3.18. The third kappa shape index (κ3) is 3.79. The minimum absolute atomic E-state index is 0.206. The summed E-state index contributed by atoms with van der Waals surface area (Å²) in [5, 5.41) is 6.35. The van der Waals surface area contributed by atoms with E-state index in [1.165, 1.54) is 6.07 Å². The summed E-state index contributed by atoms with van der Waals surface area (Å²) >= 11 is 0. The monoisotopic (exact) mass is 421 g/mol. The van der Waals surface area contributed by atoms with Crippen LogP contribution in [0.1, 0.15) is 34.8 Å². The number of methoxy groups -OCH3 is 2. The topological polar surface area (TPSA) is 66.9 Å². The average molecular weight is 421 g/mol. The van der Waals surface area contributed by atoms with Crippen molar-refractivity contribution >= 4 is 11.4 Å². The maximum atomic E-state index is 14.8. The highest BCUT2D eigenvalue weighted by atomic mass is 19.1. The number of rotatable bonds is 5. The molecule has 31 heavy (non-hydrogen) atoms. The molecular formula is C24H24FN3O3. The Morgan fingerprint density at radius 2 is 1.87 bits per heavy atom. The van der Waals surface area contributed by atoms with Crippen LogP contribution in [-0.4, -0.2) is 24.9 Å². The number of hydrazone groups is 1. The van der Waals surface area contributed by atoms with Gasteiger partial charge in [-0.05, 0) is 55.8 Å². The van der Waals surface area contributed by atoms with Crippen LogP contribution in [0, 0.1) is 19.7 Å². The maximum absolute atomic E-state index is 14.8. The van der Waals surface area contributed by atoms with Crippen LogP contribution in [0.5, 0.6) is 11.5 Å². The van der Waals surface area contributed by atoms with Crippen LogP contribution >= 0.6 is 0 Å². The number of aromatic amines is 1. The third-order valence-corrected chi connectivity index (χ3v) is 5.46. The van der Waals surface area contributed by atoms with Gasteiger partial charge in [-0.2, -0.15) is 5.10 Å². The van der Waals surface area contributed by atoms with E-state index >= 15 is 0 Å². The van der Waals surface area contributed by atoms with Gasteiger partial charge in [0.25, 0.3) is 5.56 Å². The molecule has 4 rings (SSSR count). The standard InChI is InChI=1S/C24H24FN3O3/c1-14-11-15(2)26-24(29)23(14)19-13-21(17-12-16(30-3)9-10-22(17)31-4)28(27-19)20-8-6-5-7-18(20)25/h5-12,21H,13H2,1-4H3,(H,26,29)/t21-/m0/s1. The molecule has 0 saturated carbocycles. The molecule has 0 bridgehead atoms. The molecule has 0 saturated heterocycles. The second kappa shape index (κ2) is 8.26. The van der Waals surface area contributed by atoms with Crippen molar-refractivity contribution in [3.8, 4) is 11.5 Å². The van der Waals surface area contributed by atoms with Crippen molar-refractivity contribution in [2.24, 2.45) is 5.10 Å². The van der Waals surface area contributed by atoms with E-state index in [1.54, 1.807) is 43.5 Å². The number of anilines is 1. The highest BCUT2D eigenvalue weighted by Crippen LogP contribution is 2.42. The smallest absolute Gasteiger partial charge is 0.257 e. The number of nitrogens with one attached hydrogen (secondary N) is 1. The number of pyridine rings is 1. The predicted molar refractivity (Wildman–Crippen MR) is 119 cm³/mol. The summed E-state index contributed by atoms with van der Waals surface area (Å²) in [4.78, 5) is 15.6. The van der Waals surface area contributed by atoms with Crippen molar-refractivity contribution in [3.63, 3.8) is 0 Å². The van der Waals surface area contributed by atoms with E-state index in [2.05, 4.69) is 4.98 Å². The van der Waals surface area contributed by atoms with E-state index in [4.69, 9.17) is 14.6 Å². The Balaban J connectivity index is 1.89. The van der Waals surface area contributed by atoms with Gasteiger partial charge in [0.2, 0.25) is 0 Å². The van der Waals surface area contributed by atoms with Crippen molar-refractivity contribution in [2.75, 3.05) is 19.2 Å². The van der Waals surface area contributed by atoms with E-state index < -0.39 is 5.82 Å². The number of aromatic nitrogens is 1. The fourth-order valence-corrected chi connectivity index (χ4v) is 4.08. The molecule has 160 valence electrons. The van der Waals surface area contributed by atoms with Gasteiger partial charge in [-0.15, -0.1) is 0 Å². The van der Waals surface area contributed by atoms with Gasteiger partial charge in [-0.25, -0.2) is 4.39 Å². The average Bonchev–Trinajstić information content (AvgIpc) is 3.17. The summed E-state index contributed by atoms with van der Waals surface area (Å²) < 4.78 is 25.7. The number of benzene rings is 2. The van der Waals surface area contributed by atoms with E-state index in [1.807, 2.05) is 32.0 Å². The van der Waals surface area contributed by atoms with Gasteiger partial charge in [0, 0.05) is 17.7 Å². The van der Waals surface area contributed by atoms with Crippen molar-refractivity contribution < 1.29 is 13.9 Å². The van der Waals surface area contributed by atoms with E-state index in [0.29, 0.717) is 34.9 Å². The number of hydrogen-bond acceptors (Lipinski definition) is 5. The zero-order valence-corrected chi connectivity index (χ0v) is 17.9. The lowest BCUT2D eigenvalue weighted by Gasteiger charge is -2.26. The molecule has 0 fully saturated rings. The molecule has 2 aromatic carbocycles. The molecule has 1 atom stereocenters. The fraction of sp³-hybridized carbons (Fsp3) is 0.250. The largest absolute Gasteiger partial charge is 0.497 e. The summed E-state index contributed by atoms with van der Waals surface area (Å²) in [6.07, 6.45) is 0.408. The van der Waals surface area contributed by atoms with Gasteiger partial charge >= 0.3 is 0 Å². The van der Waals surface area contributed by atoms with Crippen LogP contribution < -0.4 is 20.0 Å². The Morgan fingerprint density at radius 1 is 1.10 bits per heavy atom. The Hall–Kier alpha value is -3.61. The molecule has 0 amide bonds. The number of H-pyrrole nitrogens is 1. The van der Waals surface area contributed by atoms with E-state index in [-0.39, 0.29) is 11.6 Å². The summed E-state index contributed by atoms with van der Waals surface area (Å²) in [5.41, 5.74) is 3.63. The first-order chi connectivity index (χ1) is 14.9. The third-order valence-electron chi connectivity index (χ3n) is 5.46. The molecule has 0 radical (unpaired) electrons. The molecule has 6 nitrogen and oxygen atoms in total. The lowest BCUT2D eigenvalue weighted by atomic mass is 9.95. The lowest BCUT2D eigenvalue weighted by Crippen LogP contribution is -2.21. The van der Waals surface area contributed by atoms with Crippen LogP contribution in [0.2, 0.25) is 0 Å². The summed E-state index contributed by atoms with van der Waals surface area (Å²) in [6, 6.07) is 13.5. The van der Waals surface area contributed by atoms with Crippen molar-refractivity contribution in [1.29, 1.82) is 0 Å². The minimum atomic E-state index is -0.395. The van der Waals surface area contributed by atoms with Crippen LogP contribution in [0.4, 0.5) is 10.1 Å². The predicted octanol–water partition coefficient (Wildman–Crippen LogP) is 4.50. The van der Waals surface area contributed by atoms with Gasteiger partial charge in [0.1, 0.15) is 17.3 Å². The fourth-order valence-electron chi connectivity index (χ4n) is 4.08. The lowest BCUT2D eigenvalue weighted by molar-refractivity contribution is 0.395. The molecule has 1 N–H and O–H groups in total. The quantitative estimate of drug-likeness (QED) is 0.659. The van der Waals surface area contributed by atoms with Crippen molar-refractivity contribution in [3.05, 3.63) is 87.1 Å². The maximum Gasteiger partial charge on any atom is 0.257 e. The Morgan fingerprint density at radius 3 is 2.55 bits per heavy atom. The second-order valence-electron chi connectivity index (χ2n) is 7.51. The normalized spacial score (nSPS) is 15.7. The van der Waals surface area contributed by atoms with Crippen LogP contribution in [0.15, 0.2) is 58.4 Å². The highest BCUT2D eigenvalue weighted by Gasteiger charge is 2.34. The first-order valence-electron chi connectivity index (χ1n) is 9.97. The molecule has 0 aliphatic carbocycles. The SMILES string of the molecule is COc1ccc(OC)c([C@@H]2CC(c3c(C)cc(C)[nH]c3=O)=NN2c2ccccc2F)c1. The molecule has 7 heteroatoms. The number of hydrogen-bond donors (Lipinski definition) is 1. The van der Waals surface area contributed by atoms with Crippen LogP contribution in [0.3, 0.4) is 0 Å². The molecular weight excluding hydrogens is 397 g/mol. The molecule has 1 aliphatic heterocycles. The summed E-state index contributed by atoms with van der Waals surface area (Å²) in [5.74, 6) is 0.897. The number of nitrogens with zero attached hydrogens (tertiary/aromatic N) is 2. The van der Waals surface area contributed by atoms with Crippen LogP contribution in [-0.2, 0) is 0 Å². The van der Waals surface area contributed by atoms with E-state index in [0.717, 1.165) is 16.8 Å². The van der Waals surface area contributed by atoms with Crippen LogP contribution in [0.25, 0.3) is 0 Å². The Kier molecular flexibility index (Phi) is 5.50. The second-order valence-corrected chi connectivity index (χ2v) is 7.51. The van der Waals surface area contributed by atoms with Gasteiger partial charge in [-0.3, -0.25) is 9.80 Å². The number of para-hydroxylation sites is 1. The minimum Gasteiger partial charge on any atom is -0.497 e. The Bertz CT molecular complexity index is 1220. The van der Waals surface area contributed by atoms with Crippen molar-refractivity contribution in [2.45, 2.75) is 26.3 Å². The van der Waals surface area contributed by atoms with Gasteiger partial charge in [0.05, 0.1) is 37.2 Å². The van der Waals surface area contributed by atoms with Gasteiger partial charge < -0.3 is 14.5 Å². The van der Waals surface area contributed by atoms with Gasteiger partial charge in [0.15, 0.2) is 0 Å². The first-order valence-corrected chi connectivity index (χ1v) is 9.97. The van der Waals surface area contributed by atoms with E-state index in [9.17, 15) is 9.18 Å². The molecule has 1 aromatic heterocycles. The zero-order chi connectivity index (χ0) is 22.1. The first kappa shape index (κ1) is 20.7. The highest BCUT2D eigenvalue weighted by molar-refractivity contribution is 6.04. The molecule has 2 heterocycles. The zero-order valence-electron chi connectivity index (χ0n) is 17.9. The number of halogens is 1. The molecule has 0 unspecified atom stereocenters. The Labute approximate surface area is 179 Å². The number of aryl methyl sites for hydroxylation is 2. The summed E-state index contributed by atoms with van der Waals surface area (Å²) in [6.45, 7) is 3.72. The molecule has 1 aliphatic rings.